The minimum atomic E-state index is -0.203. The summed E-state index contributed by atoms with van der Waals surface area (Å²) >= 11 is 0. The van der Waals surface area contributed by atoms with Crippen LogP contribution in [0.25, 0.3) is 0 Å². The molecule has 1 unspecified atom stereocenters. The summed E-state index contributed by atoms with van der Waals surface area (Å²) in [6, 6.07) is 6.65. The molecule has 0 bridgehead atoms. The summed E-state index contributed by atoms with van der Waals surface area (Å²) in [5.41, 5.74) is 3.26. The van der Waals surface area contributed by atoms with Gasteiger partial charge in [0.1, 0.15) is 11.5 Å². The summed E-state index contributed by atoms with van der Waals surface area (Å²) < 4.78 is 20.1. The Kier molecular flexibility index (Phi) is 3.98. The van der Waals surface area contributed by atoms with Crippen LogP contribution < -0.4 is 0 Å². The second-order valence-corrected chi connectivity index (χ2v) is 5.49. The van der Waals surface area contributed by atoms with Crippen molar-refractivity contribution in [2.45, 2.75) is 19.0 Å². The normalized spacial score (nSPS) is 18.7. The second-order valence-electron chi connectivity index (χ2n) is 5.49. The van der Waals surface area contributed by atoms with Gasteiger partial charge in [-0.25, -0.2) is 4.39 Å². The lowest BCUT2D eigenvalue weighted by atomic mass is 9.98. The maximum Gasteiger partial charge on any atom is 0.123 e. The predicted molar refractivity (Wildman–Crippen MR) is 76.1 cm³/mol. The van der Waals surface area contributed by atoms with Crippen LogP contribution in [0.4, 0.5) is 4.39 Å². The average Bonchev–Trinajstić information content (AvgIpc) is 2.83. The molecular formula is C15H19FN4O. The molecule has 1 aromatic carbocycles. The number of hydrogen-bond acceptors (Lipinski definition) is 4. The summed E-state index contributed by atoms with van der Waals surface area (Å²) in [5, 5.41) is 8.37. The monoisotopic (exact) mass is 290 g/mol. The molecular weight excluding hydrogens is 271 g/mol. The van der Waals surface area contributed by atoms with Gasteiger partial charge in [-0.3, -0.25) is 9.58 Å². The summed E-state index contributed by atoms with van der Waals surface area (Å²) in [5.74, 6) is 0.0602. The Bertz CT molecular complexity index is 611. The van der Waals surface area contributed by atoms with E-state index in [1.54, 1.807) is 7.11 Å². The third-order valence-electron chi connectivity index (χ3n) is 3.87. The topological polar surface area (TPSA) is 43.2 Å². The van der Waals surface area contributed by atoms with Gasteiger partial charge >= 0.3 is 0 Å². The first-order valence-electron chi connectivity index (χ1n) is 7.01. The molecule has 1 aliphatic rings. The van der Waals surface area contributed by atoms with E-state index >= 15 is 0 Å². The molecule has 0 amide bonds. The first-order valence-corrected chi connectivity index (χ1v) is 7.01. The van der Waals surface area contributed by atoms with Crippen LogP contribution >= 0.6 is 0 Å². The molecule has 0 N–H and O–H groups in total. The highest BCUT2D eigenvalue weighted by atomic mass is 19.1. The largest absolute Gasteiger partial charge is 0.384 e. The van der Waals surface area contributed by atoms with Crippen LogP contribution in [0.3, 0.4) is 0 Å². The van der Waals surface area contributed by atoms with Crippen LogP contribution in [0.15, 0.2) is 24.3 Å². The quantitative estimate of drug-likeness (QED) is 0.859. The Morgan fingerprint density at radius 1 is 1.33 bits per heavy atom. The van der Waals surface area contributed by atoms with E-state index in [4.69, 9.17) is 4.74 Å². The number of ether oxygens (including phenoxy) is 1. The molecule has 2 heterocycles. The van der Waals surface area contributed by atoms with Gasteiger partial charge < -0.3 is 4.74 Å². The molecule has 0 fully saturated rings. The van der Waals surface area contributed by atoms with E-state index in [1.807, 2.05) is 23.9 Å². The Morgan fingerprint density at radius 3 is 2.81 bits per heavy atom. The van der Waals surface area contributed by atoms with Crippen LogP contribution in [-0.2, 0) is 24.9 Å². The van der Waals surface area contributed by atoms with Gasteiger partial charge in [0.25, 0.3) is 0 Å². The molecule has 0 radical (unpaired) electrons. The van der Waals surface area contributed by atoms with Crippen molar-refractivity contribution in [1.82, 2.24) is 19.9 Å². The van der Waals surface area contributed by atoms with Gasteiger partial charge in [-0.2, -0.15) is 0 Å². The highest BCUT2D eigenvalue weighted by Crippen LogP contribution is 2.27. The molecule has 1 aromatic heterocycles. The van der Waals surface area contributed by atoms with Crippen molar-refractivity contribution in [1.29, 1.82) is 0 Å². The summed E-state index contributed by atoms with van der Waals surface area (Å²) in [6.07, 6.45) is 0. The SMILES string of the molecule is COCC1CN(Cc2ccc(F)cc2)Cc2nnn(C)c21. The minimum Gasteiger partial charge on any atom is -0.384 e. The third kappa shape index (κ3) is 2.96. The third-order valence-corrected chi connectivity index (χ3v) is 3.87. The number of fused-ring (bicyclic) bond motifs is 1. The minimum absolute atomic E-state index is 0.203. The van der Waals surface area contributed by atoms with Crippen molar-refractivity contribution in [3.8, 4) is 0 Å². The molecule has 112 valence electrons. The molecule has 3 rings (SSSR count). The van der Waals surface area contributed by atoms with Gasteiger partial charge in [0.2, 0.25) is 0 Å². The summed E-state index contributed by atoms with van der Waals surface area (Å²) in [6.45, 7) is 3.07. The van der Waals surface area contributed by atoms with Crippen molar-refractivity contribution in [3.05, 3.63) is 47.0 Å². The zero-order valence-corrected chi connectivity index (χ0v) is 12.3. The lowest BCUT2D eigenvalue weighted by molar-refractivity contribution is 0.132. The average molecular weight is 290 g/mol. The molecule has 21 heavy (non-hydrogen) atoms. The molecule has 1 atom stereocenters. The van der Waals surface area contributed by atoms with Gasteiger partial charge in [-0.05, 0) is 17.7 Å². The fraction of sp³-hybridized carbons (Fsp3) is 0.467. The fourth-order valence-corrected chi connectivity index (χ4v) is 3.00. The molecule has 6 heteroatoms. The molecule has 1 aliphatic heterocycles. The van der Waals surface area contributed by atoms with Crippen molar-refractivity contribution >= 4 is 0 Å². The van der Waals surface area contributed by atoms with Crippen LogP contribution in [0.2, 0.25) is 0 Å². The Labute approximate surface area is 123 Å². The first kappa shape index (κ1) is 14.2. The van der Waals surface area contributed by atoms with Crippen molar-refractivity contribution in [2.24, 2.45) is 7.05 Å². The first-order chi connectivity index (χ1) is 10.2. The number of rotatable bonds is 4. The van der Waals surface area contributed by atoms with Gasteiger partial charge in [0.05, 0.1) is 12.3 Å². The molecule has 5 nitrogen and oxygen atoms in total. The zero-order valence-electron chi connectivity index (χ0n) is 12.3. The smallest absolute Gasteiger partial charge is 0.123 e. The van der Waals surface area contributed by atoms with Crippen LogP contribution in [0.5, 0.6) is 0 Å². The predicted octanol–water partition coefficient (Wildman–Crippen LogP) is 1.70. The number of aryl methyl sites for hydroxylation is 1. The second kappa shape index (κ2) is 5.91. The van der Waals surface area contributed by atoms with E-state index in [-0.39, 0.29) is 11.7 Å². The van der Waals surface area contributed by atoms with E-state index in [9.17, 15) is 4.39 Å². The van der Waals surface area contributed by atoms with E-state index in [0.717, 1.165) is 36.6 Å². The van der Waals surface area contributed by atoms with Gasteiger partial charge in [-0.15, -0.1) is 5.10 Å². The standard InChI is InChI=1S/C15H19FN4O/c1-19-15-12(10-21-2)8-20(9-14(15)17-18-19)7-11-3-5-13(16)6-4-11/h3-6,12H,7-10H2,1-2H3. The van der Waals surface area contributed by atoms with Gasteiger partial charge in [-0.1, -0.05) is 17.3 Å². The highest BCUT2D eigenvalue weighted by molar-refractivity contribution is 5.21. The number of nitrogens with zero attached hydrogens (tertiary/aromatic N) is 4. The van der Waals surface area contributed by atoms with Crippen LogP contribution in [0, 0.1) is 5.82 Å². The van der Waals surface area contributed by atoms with E-state index in [1.165, 1.54) is 12.1 Å². The molecule has 0 spiro atoms. The zero-order chi connectivity index (χ0) is 14.8. The maximum atomic E-state index is 13.0. The number of hydrogen-bond donors (Lipinski definition) is 0. The molecule has 2 aromatic rings. The van der Waals surface area contributed by atoms with Gasteiger partial charge in [0, 0.05) is 39.7 Å². The van der Waals surface area contributed by atoms with Crippen molar-refractivity contribution in [3.63, 3.8) is 0 Å². The fourth-order valence-electron chi connectivity index (χ4n) is 3.00. The summed E-state index contributed by atoms with van der Waals surface area (Å²) in [4.78, 5) is 2.30. The molecule has 0 saturated carbocycles. The van der Waals surface area contributed by atoms with Crippen LogP contribution in [0.1, 0.15) is 22.9 Å². The number of benzene rings is 1. The maximum absolute atomic E-state index is 13.0. The Balaban J connectivity index is 1.78. The van der Waals surface area contributed by atoms with Crippen LogP contribution in [-0.4, -0.2) is 40.2 Å². The lowest BCUT2D eigenvalue weighted by Crippen LogP contribution is -2.35. The number of aromatic nitrogens is 3. The van der Waals surface area contributed by atoms with Crippen molar-refractivity contribution in [2.75, 3.05) is 20.3 Å². The molecule has 0 saturated heterocycles. The van der Waals surface area contributed by atoms with E-state index < -0.39 is 0 Å². The van der Waals surface area contributed by atoms with E-state index in [2.05, 4.69) is 15.2 Å². The van der Waals surface area contributed by atoms with Crippen molar-refractivity contribution < 1.29 is 9.13 Å². The van der Waals surface area contributed by atoms with Gasteiger partial charge in [0.15, 0.2) is 0 Å². The number of halogens is 1. The number of methoxy groups -OCH3 is 1. The highest BCUT2D eigenvalue weighted by Gasteiger charge is 2.29. The lowest BCUT2D eigenvalue weighted by Gasteiger charge is -2.31. The Morgan fingerprint density at radius 2 is 2.10 bits per heavy atom. The molecule has 0 aliphatic carbocycles. The van der Waals surface area contributed by atoms with E-state index in [0.29, 0.717) is 6.61 Å². The summed E-state index contributed by atoms with van der Waals surface area (Å²) in [7, 11) is 3.63. The Hall–Kier alpha value is -1.79.